The molecule has 0 aliphatic rings. The first-order chi connectivity index (χ1) is 20.9. The first kappa shape index (κ1) is 45.2. The van der Waals surface area contributed by atoms with Crippen molar-refractivity contribution in [2.45, 2.75) is 11.8 Å². The summed E-state index contributed by atoms with van der Waals surface area (Å²) in [5, 5.41) is 20.6. The van der Waals surface area contributed by atoms with E-state index < -0.39 is 55.1 Å². The second-order valence-corrected chi connectivity index (χ2v) is 13.9. The van der Waals surface area contributed by atoms with Crippen molar-refractivity contribution in [3.63, 3.8) is 0 Å². The highest BCUT2D eigenvalue weighted by Crippen LogP contribution is 2.44. The van der Waals surface area contributed by atoms with Crippen molar-refractivity contribution >= 4 is 36.7 Å². The van der Waals surface area contributed by atoms with Gasteiger partial charge in [0.05, 0.1) is 28.0 Å². The standard InChI is InChI=1S/C9H11FNO5P.C9H11FO3S.C7H8NO5P.2FH/c1-17(14,15-7-6-10)16-9-4-2-8(3-5-9)11(12)13;1-8-2-4-9(5-3-8)14(11,12)13-7-6-10;1-14(11,12)13-7-4-2-6(3-5-7)8(9)10;;/h2-5H,6-7H2,1H3;2-5H,6-7H2,1H3;2-5H,1H3,(H,11,12);2*1H/i;;;2*1-1. The number of nitrogens with zero attached hydrogens (tertiary/aromatic N) is 2. The second-order valence-electron chi connectivity index (χ2n) is 8.56. The summed E-state index contributed by atoms with van der Waals surface area (Å²) in [6, 6.07) is 16.1. The normalized spacial score (nSPS) is 12.8. The number of alkyl halides is 2. The zero-order valence-corrected chi connectivity index (χ0v) is 27.5. The maximum Gasteiger partial charge on any atom is 0.376 e. The lowest BCUT2D eigenvalue weighted by atomic mass is 10.2. The van der Waals surface area contributed by atoms with Crippen LogP contribution >= 0.6 is 15.2 Å². The fraction of sp³-hybridized carbons (Fsp3) is 0.280. The molecule has 3 aromatic rings. The van der Waals surface area contributed by atoms with Gasteiger partial charge in [0.1, 0.15) is 24.8 Å². The Morgan fingerprint density at radius 1 is 0.745 bits per heavy atom. The number of nitro benzene ring substituents is 2. The van der Waals surface area contributed by atoms with Gasteiger partial charge in [0.2, 0.25) is 0 Å². The van der Waals surface area contributed by atoms with Crippen LogP contribution in [0.3, 0.4) is 0 Å². The molecule has 3 aromatic carbocycles. The molecule has 0 saturated heterocycles. The van der Waals surface area contributed by atoms with Crippen molar-refractivity contribution in [2.75, 3.05) is 39.9 Å². The summed E-state index contributed by atoms with van der Waals surface area (Å²) in [5.74, 6) is 0.296. The minimum atomic E-state index is -3.78. The zero-order valence-electron chi connectivity index (χ0n) is 24.9. The minimum absolute atomic E-state index is 0. The van der Waals surface area contributed by atoms with Crippen LogP contribution in [0, 0.1) is 27.2 Å². The second kappa shape index (κ2) is 21.0. The van der Waals surface area contributed by atoms with E-state index in [1.54, 1.807) is 12.1 Å². The van der Waals surface area contributed by atoms with Crippen LogP contribution in [-0.2, 0) is 28.0 Å². The topological polar surface area (TPSA) is 212 Å². The molecule has 2 unspecified atom stereocenters. The van der Waals surface area contributed by atoms with E-state index in [2.05, 4.69) is 13.2 Å². The van der Waals surface area contributed by atoms with E-state index in [0.29, 0.717) is 0 Å². The molecular weight excluding hydrogens is 704 g/mol. The zero-order chi connectivity index (χ0) is 34.3. The van der Waals surface area contributed by atoms with Crippen LogP contribution in [0.5, 0.6) is 11.5 Å². The highest BCUT2D eigenvalue weighted by Gasteiger charge is 2.19. The number of non-ortho nitro benzene ring substituents is 2. The van der Waals surface area contributed by atoms with Gasteiger partial charge in [0.15, 0.2) is 0 Å². The fourth-order valence-electron chi connectivity index (χ4n) is 2.79. The van der Waals surface area contributed by atoms with Crippen molar-refractivity contribution < 1.29 is 68.2 Å². The van der Waals surface area contributed by atoms with Gasteiger partial charge in [-0.2, -0.15) is 8.42 Å². The number of benzene rings is 3. The van der Waals surface area contributed by atoms with E-state index in [0.717, 1.165) is 12.2 Å². The molecular formula is C25H32F4N2O13P2S. The summed E-state index contributed by atoms with van der Waals surface area (Å²) in [6.45, 7) is 1.75. The molecule has 0 aromatic heterocycles. The summed E-state index contributed by atoms with van der Waals surface area (Å²) < 4.78 is 87.3. The highest BCUT2D eigenvalue weighted by atomic mass is 32.2. The Bertz CT molecular complexity index is 1590. The molecule has 2 atom stereocenters. The van der Waals surface area contributed by atoms with E-state index in [1.165, 1.54) is 67.3 Å². The summed E-state index contributed by atoms with van der Waals surface area (Å²) >= 11 is 0. The third kappa shape index (κ3) is 18.7. The predicted octanol–water partition coefficient (Wildman–Crippen LogP) is 6.55. The molecule has 0 amide bonds. The van der Waals surface area contributed by atoms with Gasteiger partial charge in [-0.1, -0.05) is 17.7 Å². The van der Waals surface area contributed by atoms with E-state index in [9.17, 15) is 46.6 Å². The van der Waals surface area contributed by atoms with E-state index in [1.807, 2.05) is 6.92 Å². The SMILES string of the molecule is CP(=O)(O)Oc1ccc([N+](=O)[O-])cc1.CP(=O)(OCCF)Oc1ccc([N+](=O)[O-])cc1.Cc1ccc(S(=O)(=O)OCCF)cc1.[18FH].[18FH]. The van der Waals surface area contributed by atoms with E-state index >= 15 is 0 Å². The Labute approximate surface area is 266 Å². The average Bonchev–Trinajstić information content (AvgIpc) is 2.95. The quantitative estimate of drug-likeness (QED) is 0.0649. The van der Waals surface area contributed by atoms with Gasteiger partial charge in [-0.15, -0.1) is 0 Å². The fourth-order valence-corrected chi connectivity index (χ4v) is 5.14. The third-order valence-corrected chi connectivity index (χ3v) is 7.74. The molecule has 0 heterocycles. The molecule has 0 bridgehead atoms. The van der Waals surface area contributed by atoms with Crippen molar-refractivity contribution in [3.8, 4) is 11.5 Å². The summed E-state index contributed by atoms with van der Waals surface area (Å²) in [4.78, 5) is 28.4. The largest absolute Gasteiger partial charge is 0.425 e. The van der Waals surface area contributed by atoms with Gasteiger partial charge >= 0.3 is 15.2 Å². The van der Waals surface area contributed by atoms with Gasteiger partial charge in [-0.05, 0) is 43.3 Å². The van der Waals surface area contributed by atoms with Crippen LogP contribution in [0.25, 0.3) is 0 Å². The van der Waals surface area contributed by atoms with Gasteiger partial charge in [0.25, 0.3) is 21.5 Å². The maximum atomic E-state index is 11.8. The van der Waals surface area contributed by atoms with E-state index in [4.69, 9.17) is 9.42 Å². The molecule has 0 radical (unpaired) electrons. The molecule has 15 nitrogen and oxygen atoms in total. The predicted molar refractivity (Wildman–Crippen MR) is 164 cm³/mol. The molecule has 0 spiro atoms. The molecule has 0 saturated carbocycles. The smallest absolute Gasteiger partial charge is 0.376 e. The van der Waals surface area contributed by atoms with Crippen LogP contribution in [-0.4, -0.2) is 63.1 Å². The summed E-state index contributed by atoms with van der Waals surface area (Å²) in [7, 11) is -10.8. The highest BCUT2D eigenvalue weighted by molar-refractivity contribution is 7.86. The average molecular weight is 737 g/mol. The number of rotatable bonds is 13. The minimum Gasteiger partial charge on any atom is -0.425 e. The maximum absolute atomic E-state index is 11.8. The Kier molecular flexibility index (Phi) is 20.2. The van der Waals surface area contributed by atoms with Crippen LogP contribution in [0.4, 0.5) is 29.6 Å². The molecule has 47 heavy (non-hydrogen) atoms. The van der Waals surface area contributed by atoms with Crippen LogP contribution in [0.2, 0.25) is 0 Å². The number of nitro groups is 2. The molecule has 1 N–H and O–H groups in total. The monoisotopic (exact) mass is 736 g/mol. The third-order valence-electron chi connectivity index (χ3n) is 4.67. The molecule has 0 aliphatic heterocycles. The summed E-state index contributed by atoms with van der Waals surface area (Å²) in [5.41, 5.74) is 0.753. The first-order valence-corrected chi connectivity index (χ1v) is 17.8. The Hall–Kier alpha value is -3.93. The molecule has 0 fully saturated rings. The Balaban J connectivity index is 0. The van der Waals surface area contributed by atoms with E-state index in [-0.39, 0.29) is 43.8 Å². The summed E-state index contributed by atoms with van der Waals surface area (Å²) in [6.07, 6.45) is 0. The van der Waals surface area contributed by atoms with Gasteiger partial charge < -0.3 is 13.9 Å². The molecule has 0 aliphatic carbocycles. The van der Waals surface area contributed by atoms with Crippen molar-refractivity contribution in [1.82, 2.24) is 0 Å². The lowest BCUT2D eigenvalue weighted by Gasteiger charge is -2.14. The molecule has 264 valence electrons. The van der Waals surface area contributed by atoms with Crippen molar-refractivity contribution in [1.29, 1.82) is 0 Å². The Morgan fingerprint density at radius 2 is 1.15 bits per heavy atom. The van der Waals surface area contributed by atoms with Gasteiger partial charge in [-0.25, -0.2) is 17.9 Å². The van der Waals surface area contributed by atoms with Crippen molar-refractivity contribution in [2.24, 2.45) is 0 Å². The van der Waals surface area contributed by atoms with Crippen LogP contribution in [0.15, 0.2) is 77.7 Å². The number of aryl methyl sites for hydroxylation is 1. The van der Waals surface area contributed by atoms with Crippen LogP contribution in [0.1, 0.15) is 5.56 Å². The first-order valence-electron chi connectivity index (χ1n) is 12.4. The number of hydrogen-bond donors (Lipinski definition) is 1. The number of hydrogen-bond acceptors (Lipinski definition) is 12. The number of halogens is 4. The Morgan fingerprint density at radius 3 is 1.51 bits per heavy atom. The van der Waals surface area contributed by atoms with Gasteiger partial charge in [0, 0.05) is 37.6 Å². The van der Waals surface area contributed by atoms with Crippen molar-refractivity contribution in [3.05, 3.63) is 98.6 Å². The lowest BCUT2D eigenvalue weighted by Crippen LogP contribution is -2.08. The lowest BCUT2D eigenvalue weighted by molar-refractivity contribution is -0.385. The van der Waals surface area contributed by atoms with Crippen LogP contribution < -0.4 is 9.05 Å². The van der Waals surface area contributed by atoms with Gasteiger partial charge in [-0.3, -0.25) is 38.3 Å². The molecule has 22 heteroatoms. The molecule has 3 rings (SSSR count).